The molecule has 0 saturated carbocycles. The molecule has 108 valence electrons. The Balaban J connectivity index is 1.82. The number of ether oxygens (including phenoxy) is 2. The summed E-state index contributed by atoms with van der Waals surface area (Å²) in [4.78, 5) is 14.5. The number of hydrogen-bond acceptors (Lipinski definition) is 4. The van der Waals surface area contributed by atoms with Crippen LogP contribution in [0.5, 0.6) is 11.5 Å². The van der Waals surface area contributed by atoms with Crippen molar-refractivity contribution in [3.05, 3.63) is 23.8 Å². The van der Waals surface area contributed by atoms with E-state index in [0.717, 1.165) is 25.8 Å². The lowest BCUT2D eigenvalue weighted by molar-refractivity contribution is 0.0622. The van der Waals surface area contributed by atoms with Crippen LogP contribution in [0.4, 0.5) is 0 Å². The number of nitrogens with zero attached hydrogens (tertiary/aromatic N) is 1. The first-order valence-electron chi connectivity index (χ1n) is 7.20. The van der Waals surface area contributed by atoms with Crippen LogP contribution in [0.3, 0.4) is 0 Å². The topological polar surface area (TPSA) is 64.8 Å². The minimum absolute atomic E-state index is 0.0390. The van der Waals surface area contributed by atoms with E-state index in [4.69, 9.17) is 15.2 Å². The van der Waals surface area contributed by atoms with Gasteiger partial charge >= 0.3 is 0 Å². The number of amides is 1. The van der Waals surface area contributed by atoms with E-state index < -0.39 is 0 Å². The van der Waals surface area contributed by atoms with Gasteiger partial charge in [0, 0.05) is 24.7 Å². The van der Waals surface area contributed by atoms with E-state index in [9.17, 15) is 4.79 Å². The lowest BCUT2D eigenvalue weighted by atomic mass is 10.0. The second-order valence-electron chi connectivity index (χ2n) is 5.24. The Bertz CT molecular complexity index is 504. The summed E-state index contributed by atoms with van der Waals surface area (Å²) in [5.41, 5.74) is 6.43. The average molecular weight is 276 g/mol. The molecule has 5 nitrogen and oxygen atoms in total. The number of hydrogen-bond donors (Lipinski definition) is 1. The third-order valence-corrected chi connectivity index (χ3v) is 3.95. The van der Waals surface area contributed by atoms with Crippen molar-refractivity contribution in [3.63, 3.8) is 0 Å². The molecular weight excluding hydrogens is 256 g/mol. The van der Waals surface area contributed by atoms with Crippen molar-refractivity contribution in [2.24, 2.45) is 5.73 Å². The Morgan fingerprint density at radius 2 is 2.05 bits per heavy atom. The maximum Gasteiger partial charge on any atom is 0.254 e. The van der Waals surface area contributed by atoms with E-state index in [-0.39, 0.29) is 11.9 Å². The molecular formula is C15H20N2O3. The highest BCUT2D eigenvalue weighted by Crippen LogP contribution is 2.31. The monoisotopic (exact) mass is 276 g/mol. The van der Waals surface area contributed by atoms with Gasteiger partial charge in [-0.1, -0.05) is 0 Å². The minimum atomic E-state index is 0.0390. The van der Waals surface area contributed by atoms with Crippen LogP contribution >= 0.6 is 0 Å². The zero-order chi connectivity index (χ0) is 13.9. The summed E-state index contributed by atoms with van der Waals surface area (Å²) >= 11 is 0. The molecule has 0 radical (unpaired) electrons. The molecule has 2 heterocycles. The van der Waals surface area contributed by atoms with Gasteiger partial charge in [0.1, 0.15) is 13.2 Å². The van der Waals surface area contributed by atoms with E-state index in [1.165, 1.54) is 0 Å². The van der Waals surface area contributed by atoms with Crippen LogP contribution in [0.15, 0.2) is 18.2 Å². The highest BCUT2D eigenvalue weighted by atomic mass is 16.6. The molecule has 5 heteroatoms. The Kier molecular flexibility index (Phi) is 3.78. The first-order valence-corrected chi connectivity index (χ1v) is 7.20. The highest BCUT2D eigenvalue weighted by Gasteiger charge is 2.27. The minimum Gasteiger partial charge on any atom is -0.486 e. The van der Waals surface area contributed by atoms with Crippen LogP contribution < -0.4 is 15.2 Å². The van der Waals surface area contributed by atoms with Crippen molar-refractivity contribution in [3.8, 4) is 11.5 Å². The second-order valence-corrected chi connectivity index (χ2v) is 5.24. The van der Waals surface area contributed by atoms with Gasteiger partial charge in [0.25, 0.3) is 5.91 Å². The van der Waals surface area contributed by atoms with E-state index in [1.807, 2.05) is 11.0 Å². The maximum atomic E-state index is 12.6. The predicted octanol–water partition coefficient (Wildman–Crippen LogP) is 1.41. The fraction of sp³-hybridized carbons (Fsp3) is 0.533. The number of fused-ring (bicyclic) bond motifs is 1. The summed E-state index contributed by atoms with van der Waals surface area (Å²) < 4.78 is 11.0. The predicted molar refractivity (Wildman–Crippen MR) is 75.2 cm³/mol. The average Bonchev–Trinajstić information content (AvgIpc) is 2.53. The van der Waals surface area contributed by atoms with Crippen LogP contribution in [0.1, 0.15) is 29.6 Å². The first kappa shape index (κ1) is 13.2. The summed E-state index contributed by atoms with van der Waals surface area (Å²) in [5.74, 6) is 1.40. The standard InChI is InChI=1S/C15H20N2O3/c16-10-12-3-1-2-6-17(12)15(18)11-4-5-13-14(9-11)20-8-7-19-13/h4-5,9,12H,1-3,6-8,10,16H2/t12-/m1/s1. The third kappa shape index (κ3) is 2.45. The zero-order valence-electron chi connectivity index (χ0n) is 11.5. The van der Waals surface area contributed by atoms with E-state index in [2.05, 4.69) is 0 Å². The van der Waals surface area contributed by atoms with Gasteiger partial charge in [-0.05, 0) is 37.5 Å². The second kappa shape index (κ2) is 5.71. The van der Waals surface area contributed by atoms with Gasteiger partial charge in [0.15, 0.2) is 11.5 Å². The van der Waals surface area contributed by atoms with Gasteiger partial charge in [-0.3, -0.25) is 4.79 Å². The molecule has 1 saturated heterocycles. The van der Waals surface area contributed by atoms with E-state index >= 15 is 0 Å². The molecule has 1 fully saturated rings. The number of carbonyl (C=O) groups excluding carboxylic acids is 1. The van der Waals surface area contributed by atoms with Crippen molar-refractivity contribution in [2.75, 3.05) is 26.3 Å². The lowest BCUT2D eigenvalue weighted by Gasteiger charge is -2.35. The smallest absolute Gasteiger partial charge is 0.254 e. The molecule has 0 spiro atoms. The summed E-state index contributed by atoms with van der Waals surface area (Å²) in [5, 5.41) is 0. The van der Waals surface area contributed by atoms with Gasteiger partial charge in [-0.25, -0.2) is 0 Å². The Morgan fingerprint density at radius 1 is 1.25 bits per heavy atom. The van der Waals surface area contributed by atoms with Gasteiger partial charge in [-0.2, -0.15) is 0 Å². The number of piperidine rings is 1. The molecule has 2 aliphatic heterocycles. The number of carbonyl (C=O) groups is 1. The molecule has 1 aromatic carbocycles. The Hall–Kier alpha value is -1.75. The molecule has 3 rings (SSSR count). The summed E-state index contributed by atoms with van der Waals surface area (Å²) in [6.45, 7) is 2.40. The molecule has 0 unspecified atom stereocenters. The Morgan fingerprint density at radius 3 is 2.85 bits per heavy atom. The molecule has 2 aliphatic rings. The van der Waals surface area contributed by atoms with Crippen LogP contribution in [-0.2, 0) is 0 Å². The van der Waals surface area contributed by atoms with Crippen LogP contribution in [0.25, 0.3) is 0 Å². The quantitative estimate of drug-likeness (QED) is 0.887. The number of nitrogens with two attached hydrogens (primary N) is 1. The van der Waals surface area contributed by atoms with Gasteiger partial charge in [0.2, 0.25) is 0 Å². The normalized spacial score (nSPS) is 21.6. The van der Waals surface area contributed by atoms with Crippen molar-refractivity contribution in [1.82, 2.24) is 4.90 Å². The van der Waals surface area contributed by atoms with Gasteiger partial charge in [-0.15, -0.1) is 0 Å². The van der Waals surface area contributed by atoms with Crippen molar-refractivity contribution >= 4 is 5.91 Å². The number of likely N-dealkylation sites (tertiary alicyclic amines) is 1. The van der Waals surface area contributed by atoms with Crippen molar-refractivity contribution in [1.29, 1.82) is 0 Å². The largest absolute Gasteiger partial charge is 0.486 e. The highest BCUT2D eigenvalue weighted by molar-refractivity contribution is 5.95. The van der Waals surface area contributed by atoms with E-state index in [1.54, 1.807) is 12.1 Å². The zero-order valence-corrected chi connectivity index (χ0v) is 11.5. The summed E-state index contributed by atoms with van der Waals surface area (Å²) in [6, 6.07) is 5.55. The number of benzene rings is 1. The molecule has 20 heavy (non-hydrogen) atoms. The maximum absolute atomic E-state index is 12.6. The lowest BCUT2D eigenvalue weighted by Crippen LogP contribution is -2.47. The van der Waals surface area contributed by atoms with Crippen LogP contribution in [0, 0.1) is 0 Å². The summed E-state index contributed by atoms with van der Waals surface area (Å²) in [7, 11) is 0. The SMILES string of the molecule is NC[C@H]1CCCCN1C(=O)c1ccc2c(c1)OCCO2. The number of rotatable bonds is 2. The Labute approximate surface area is 118 Å². The molecule has 0 aromatic heterocycles. The third-order valence-electron chi connectivity index (χ3n) is 3.95. The van der Waals surface area contributed by atoms with Gasteiger partial charge < -0.3 is 20.1 Å². The van der Waals surface area contributed by atoms with Crippen molar-refractivity contribution < 1.29 is 14.3 Å². The molecule has 0 bridgehead atoms. The fourth-order valence-corrected chi connectivity index (χ4v) is 2.86. The van der Waals surface area contributed by atoms with E-state index in [0.29, 0.717) is 36.8 Å². The molecule has 0 aliphatic carbocycles. The molecule has 1 amide bonds. The molecule has 1 aromatic rings. The summed E-state index contributed by atoms with van der Waals surface area (Å²) in [6.07, 6.45) is 3.19. The fourth-order valence-electron chi connectivity index (χ4n) is 2.86. The van der Waals surface area contributed by atoms with Crippen LogP contribution in [0.2, 0.25) is 0 Å². The van der Waals surface area contributed by atoms with Gasteiger partial charge in [0.05, 0.1) is 0 Å². The van der Waals surface area contributed by atoms with Crippen LogP contribution in [-0.4, -0.2) is 43.2 Å². The van der Waals surface area contributed by atoms with Crippen molar-refractivity contribution in [2.45, 2.75) is 25.3 Å². The first-order chi connectivity index (χ1) is 9.79. The molecule has 2 N–H and O–H groups in total. The molecule has 1 atom stereocenters.